The molecule has 0 saturated carbocycles. The highest BCUT2D eigenvalue weighted by molar-refractivity contribution is 7.15. The van der Waals surface area contributed by atoms with Gasteiger partial charge in [-0.1, -0.05) is 6.92 Å². The van der Waals surface area contributed by atoms with Crippen molar-refractivity contribution in [2.45, 2.75) is 45.2 Å². The van der Waals surface area contributed by atoms with Crippen LogP contribution in [0.15, 0.2) is 6.20 Å². The summed E-state index contributed by atoms with van der Waals surface area (Å²) in [6.45, 7) is 6.18. The number of piperidine rings is 2. The van der Waals surface area contributed by atoms with Crippen LogP contribution in [0.4, 0.5) is 5.13 Å². The molecular weight excluding hydrogens is 284 g/mol. The Hall–Kier alpha value is -1.14. The predicted molar refractivity (Wildman–Crippen MR) is 85.6 cm³/mol. The van der Waals surface area contributed by atoms with Crippen LogP contribution in [0.2, 0.25) is 0 Å². The highest BCUT2D eigenvalue weighted by Crippen LogP contribution is 2.30. The quantitative estimate of drug-likeness (QED) is 0.814. The summed E-state index contributed by atoms with van der Waals surface area (Å²) in [5.41, 5.74) is 0. The zero-order valence-corrected chi connectivity index (χ0v) is 13.4. The molecule has 0 bridgehead atoms. The van der Waals surface area contributed by atoms with Gasteiger partial charge in [0, 0.05) is 43.2 Å². The van der Waals surface area contributed by atoms with Crippen LogP contribution in [0.25, 0.3) is 0 Å². The minimum absolute atomic E-state index is 0.225. The molecule has 0 aromatic carbocycles. The molecule has 0 spiro atoms. The largest absolute Gasteiger partial charge is 0.353 e. The normalized spacial score (nSPS) is 25.6. The fraction of sp³-hybridized carbons (Fsp3) is 0.733. The average Bonchev–Trinajstić information content (AvgIpc) is 2.96. The van der Waals surface area contributed by atoms with E-state index in [1.807, 2.05) is 6.20 Å². The summed E-state index contributed by atoms with van der Waals surface area (Å²) in [4.78, 5) is 19.7. The van der Waals surface area contributed by atoms with Crippen molar-refractivity contribution in [3.05, 3.63) is 11.1 Å². The number of nitrogens with zero attached hydrogens (tertiary/aromatic N) is 2. The third kappa shape index (κ3) is 3.55. The Morgan fingerprint density at radius 3 is 3.29 bits per heavy atom. The summed E-state index contributed by atoms with van der Waals surface area (Å²) in [5.74, 6) is 0.810. The zero-order chi connectivity index (χ0) is 14.7. The first kappa shape index (κ1) is 14.8. The lowest BCUT2D eigenvalue weighted by Crippen LogP contribution is -2.54. The van der Waals surface area contributed by atoms with Crippen LogP contribution in [0.5, 0.6) is 0 Å². The van der Waals surface area contributed by atoms with E-state index in [0.29, 0.717) is 18.4 Å². The smallest absolute Gasteiger partial charge is 0.220 e. The molecule has 116 valence electrons. The number of carbonyl (C=O) groups is 1. The number of anilines is 1. The van der Waals surface area contributed by atoms with E-state index in [1.165, 1.54) is 4.88 Å². The van der Waals surface area contributed by atoms with Gasteiger partial charge in [-0.2, -0.15) is 0 Å². The second kappa shape index (κ2) is 6.75. The number of hydrogen-bond donors (Lipinski definition) is 2. The molecule has 1 amide bonds. The second-order valence-corrected chi connectivity index (χ2v) is 7.09. The van der Waals surface area contributed by atoms with Crippen LogP contribution in [-0.4, -0.2) is 36.6 Å². The third-order valence-electron chi connectivity index (χ3n) is 4.36. The fourth-order valence-electron chi connectivity index (χ4n) is 3.20. The van der Waals surface area contributed by atoms with Crippen molar-refractivity contribution in [1.29, 1.82) is 0 Å². The third-order valence-corrected chi connectivity index (χ3v) is 5.42. The SMILES string of the molecule is CCCNCc1cnc(N2CCC3NC(=O)CCC3C2)s1. The van der Waals surface area contributed by atoms with Gasteiger partial charge in [-0.25, -0.2) is 4.98 Å². The van der Waals surface area contributed by atoms with E-state index in [1.54, 1.807) is 11.3 Å². The van der Waals surface area contributed by atoms with E-state index >= 15 is 0 Å². The number of rotatable bonds is 5. The van der Waals surface area contributed by atoms with Crippen LogP contribution in [0.1, 0.15) is 37.5 Å². The van der Waals surface area contributed by atoms with Gasteiger partial charge in [0.15, 0.2) is 5.13 Å². The Balaban J connectivity index is 1.57. The number of hydrogen-bond acceptors (Lipinski definition) is 5. The number of nitrogens with one attached hydrogen (secondary N) is 2. The summed E-state index contributed by atoms with van der Waals surface area (Å²) in [6, 6.07) is 0.383. The summed E-state index contributed by atoms with van der Waals surface area (Å²) >= 11 is 1.79. The standard InChI is InChI=1S/C15H24N4OS/c1-2-6-16-8-12-9-17-15(21-12)19-7-5-13-11(10-19)3-4-14(20)18-13/h9,11,13,16H,2-8,10H2,1H3,(H,18,20). The van der Waals surface area contributed by atoms with Crippen molar-refractivity contribution in [1.82, 2.24) is 15.6 Å². The summed E-state index contributed by atoms with van der Waals surface area (Å²) in [6.07, 6.45) is 5.89. The Morgan fingerprint density at radius 1 is 1.52 bits per heavy atom. The molecule has 21 heavy (non-hydrogen) atoms. The van der Waals surface area contributed by atoms with Crippen molar-refractivity contribution in [3.8, 4) is 0 Å². The fourth-order valence-corrected chi connectivity index (χ4v) is 4.11. The van der Waals surface area contributed by atoms with E-state index in [4.69, 9.17) is 0 Å². The lowest BCUT2D eigenvalue weighted by atomic mass is 9.85. The molecule has 2 saturated heterocycles. The van der Waals surface area contributed by atoms with Gasteiger partial charge in [-0.05, 0) is 31.7 Å². The van der Waals surface area contributed by atoms with Gasteiger partial charge in [0.05, 0.1) is 0 Å². The van der Waals surface area contributed by atoms with Crippen molar-refractivity contribution in [3.63, 3.8) is 0 Å². The Labute approximate surface area is 130 Å². The topological polar surface area (TPSA) is 57.3 Å². The first-order chi connectivity index (χ1) is 10.3. The predicted octanol–water partition coefficient (Wildman–Crippen LogP) is 1.75. The number of aromatic nitrogens is 1. The number of thiazole rings is 1. The van der Waals surface area contributed by atoms with Crippen LogP contribution in [0, 0.1) is 5.92 Å². The molecule has 1 aromatic heterocycles. The summed E-state index contributed by atoms with van der Waals surface area (Å²) in [7, 11) is 0. The van der Waals surface area contributed by atoms with E-state index in [9.17, 15) is 4.79 Å². The lowest BCUT2D eigenvalue weighted by Gasteiger charge is -2.41. The second-order valence-electron chi connectivity index (χ2n) is 5.99. The highest BCUT2D eigenvalue weighted by Gasteiger charge is 2.34. The minimum Gasteiger partial charge on any atom is -0.353 e. The maximum absolute atomic E-state index is 11.5. The number of amides is 1. The number of carbonyl (C=O) groups excluding carboxylic acids is 1. The van der Waals surface area contributed by atoms with Gasteiger partial charge in [-0.3, -0.25) is 4.79 Å². The first-order valence-corrected chi connectivity index (χ1v) is 8.77. The van der Waals surface area contributed by atoms with Gasteiger partial charge in [0.2, 0.25) is 5.91 Å². The minimum atomic E-state index is 0.225. The molecule has 3 rings (SSSR count). The van der Waals surface area contributed by atoms with Gasteiger partial charge < -0.3 is 15.5 Å². The maximum Gasteiger partial charge on any atom is 0.220 e. The van der Waals surface area contributed by atoms with Crippen molar-refractivity contribution in [2.75, 3.05) is 24.5 Å². The molecule has 1 aromatic rings. The summed E-state index contributed by atoms with van der Waals surface area (Å²) < 4.78 is 0. The lowest BCUT2D eigenvalue weighted by molar-refractivity contribution is -0.124. The van der Waals surface area contributed by atoms with Crippen molar-refractivity contribution < 1.29 is 4.79 Å². The van der Waals surface area contributed by atoms with E-state index < -0.39 is 0 Å². The van der Waals surface area contributed by atoms with Crippen LogP contribution in [-0.2, 0) is 11.3 Å². The molecule has 2 aliphatic rings. The molecule has 6 heteroatoms. The van der Waals surface area contributed by atoms with Crippen LogP contribution >= 0.6 is 11.3 Å². The molecule has 2 unspecified atom stereocenters. The molecular formula is C15H24N4OS. The maximum atomic E-state index is 11.5. The van der Waals surface area contributed by atoms with Gasteiger partial charge in [0.1, 0.15) is 0 Å². The van der Waals surface area contributed by atoms with Crippen LogP contribution < -0.4 is 15.5 Å². The van der Waals surface area contributed by atoms with E-state index in [0.717, 1.165) is 50.6 Å². The Kier molecular flexibility index (Phi) is 4.75. The van der Waals surface area contributed by atoms with Gasteiger partial charge in [-0.15, -0.1) is 11.3 Å². The summed E-state index contributed by atoms with van der Waals surface area (Å²) in [5, 5.41) is 7.70. The zero-order valence-electron chi connectivity index (χ0n) is 12.6. The van der Waals surface area contributed by atoms with Crippen molar-refractivity contribution in [2.24, 2.45) is 5.92 Å². The number of fused-ring (bicyclic) bond motifs is 1. The molecule has 2 aliphatic heterocycles. The van der Waals surface area contributed by atoms with E-state index in [-0.39, 0.29) is 5.91 Å². The Morgan fingerprint density at radius 2 is 2.43 bits per heavy atom. The molecule has 5 nitrogen and oxygen atoms in total. The average molecular weight is 308 g/mol. The van der Waals surface area contributed by atoms with Gasteiger partial charge >= 0.3 is 0 Å². The molecule has 3 heterocycles. The first-order valence-electron chi connectivity index (χ1n) is 7.96. The van der Waals surface area contributed by atoms with E-state index in [2.05, 4.69) is 27.4 Å². The molecule has 0 radical (unpaired) electrons. The molecule has 2 atom stereocenters. The molecule has 2 fully saturated rings. The van der Waals surface area contributed by atoms with Gasteiger partial charge in [0.25, 0.3) is 0 Å². The van der Waals surface area contributed by atoms with Crippen LogP contribution in [0.3, 0.4) is 0 Å². The molecule has 0 aliphatic carbocycles. The monoisotopic (exact) mass is 308 g/mol. The Bertz CT molecular complexity index is 490. The van der Waals surface area contributed by atoms with Crippen molar-refractivity contribution >= 4 is 22.4 Å². The highest BCUT2D eigenvalue weighted by atomic mass is 32.1. The molecule has 2 N–H and O–H groups in total.